The minimum atomic E-state index is -4.51. The first-order valence-electron chi connectivity index (χ1n) is 12.4. The molecule has 40 heavy (non-hydrogen) atoms. The summed E-state index contributed by atoms with van der Waals surface area (Å²) < 4.78 is 62.3. The number of alkyl halides is 3. The van der Waals surface area contributed by atoms with E-state index in [1.807, 2.05) is 11.5 Å². The molecule has 1 aliphatic carbocycles. The lowest BCUT2D eigenvalue weighted by Gasteiger charge is -2.22. The van der Waals surface area contributed by atoms with Crippen LogP contribution in [-0.2, 0) is 22.5 Å². The molecule has 2 aliphatic heterocycles. The van der Waals surface area contributed by atoms with Gasteiger partial charge in [-0.3, -0.25) is 10.2 Å². The number of halogens is 4. The molecule has 0 unspecified atom stereocenters. The number of hydrogen-bond donors (Lipinski definition) is 2. The zero-order chi connectivity index (χ0) is 28.5. The van der Waals surface area contributed by atoms with Gasteiger partial charge in [0.25, 0.3) is 0 Å². The number of rotatable bonds is 9. The molecule has 1 aromatic carbocycles. The lowest BCUT2D eigenvalue weighted by Crippen LogP contribution is -2.28. The fourth-order valence-corrected chi connectivity index (χ4v) is 4.30. The standard InChI is InChI=1S/C29H23F4N5O2/c1-2-38-17-35-16-26(38)37-25-5-3-4-21(15-36-25)18-6-7-19(22(30)12-18)13-23(39)27(34)20-8-11-40-24(14-20)28(9-10-28)29(31,32)33/h3-4,6-7,11-12,14-17,34,37H,2,9-10,13H2,1H3. The van der Waals surface area contributed by atoms with Gasteiger partial charge in [-0.1, -0.05) is 23.6 Å². The van der Waals surface area contributed by atoms with Crippen molar-refractivity contribution in [1.82, 2.24) is 9.55 Å². The monoisotopic (exact) mass is 549 g/mol. The van der Waals surface area contributed by atoms with Crippen molar-refractivity contribution in [1.29, 1.82) is 5.41 Å². The van der Waals surface area contributed by atoms with Gasteiger partial charge in [-0.05, 0) is 55.2 Å². The summed E-state index contributed by atoms with van der Waals surface area (Å²) in [5.74, 6) is -0.602. The molecule has 0 spiro atoms. The molecular weight excluding hydrogens is 526 g/mol. The van der Waals surface area contributed by atoms with Gasteiger partial charge in [0.15, 0.2) is 11.6 Å². The zero-order valence-electron chi connectivity index (χ0n) is 21.3. The Morgan fingerprint density at radius 3 is 2.77 bits per heavy atom. The summed E-state index contributed by atoms with van der Waals surface area (Å²) in [6.45, 7) is 2.70. The van der Waals surface area contributed by atoms with E-state index in [2.05, 4.69) is 26.8 Å². The van der Waals surface area contributed by atoms with Crippen molar-refractivity contribution >= 4 is 29.1 Å². The number of aromatic nitrogens is 2. The first-order valence-corrected chi connectivity index (χ1v) is 12.4. The van der Waals surface area contributed by atoms with Crippen molar-refractivity contribution in [2.45, 2.75) is 38.9 Å². The maximum absolute atomic E-state index is 15.0. The molecule has 0 radical (unpaired) electrons. The van der Waals surface area contributed by atoms with E-state index >= 15 is 4.39 Å². The van der Waals surface area contributed by atoms with Crippen LogP contribution >= 0.6 is 0 Å². The van der Waals surface area contributed by atoms with Crippen LogP contribution < -0.4 is 5.32 Å². The molecule has 0 amide bonds. The minimum absolute atomic E-state index is 0.0447. The molecule has 2 N–H and O–H groups in total. The average molecular weight is 550 g/mol. The number of anilines is 1. The van der Waals surface area contributed by atoms with Gasteiger partial charge in [-0.2, -0.15) is 13.2 Å². The highest BCUT2D eigenvalue weighted by Crippen LogP contribution is 2.62. The van der Waals surface area contributed by atoms with Crippen molar-refractivity contribution in [2.24, 2.45) is 10.4 Å². The molecule has 3 heterocycles. The SMILES string of the molecule is CCn1cncc1NC1=C=CC=C(c2ccc(CC(=O)C(=N)C3=C=COC(C4(C(F)(F)F)CC4)=C3)c(F)c2)C=N1. The van der Waals surface area contributed by atoms with Crippen LogP contribution in [0.4, 0.5) is 23.4 Å². The Hall–Kier alpha value is -4.72. The van der Waals surface area contributed by atoms with Crippen LogP contribution in [0.2, 0.25) is 0 Å². The van der Waals surface area contributed by atoms with Gasteiger partial charge >= 0.3 is 6.18 Å². The van der Waals surface area contributed by atoms with E-state index in [-0.39, 0.29) is 29.7 Å². The van der Waals surface area contributed by atoms with E-state index in [0.717, 1.165) is 24.7 Å². The molecule has 7 nitrogen and oxygen atoms in total. The largest absolute Gasteiger partial charge is 0.460 e. The third-order valence-corrected chi connectivity index (χ3v) is 6.84. The second kappa shape index (κ2) is 10.4. The highest BCUT2D eigenvalue weighted by atomic mass is 19.4. The molecule has 2 aromatic rings. The molecule has 0 saturated heterocycles. The second-order valence-electron chi connectivity index (χ2n) is 9.39. The summed E-state index contributed by atoms with van der Waals surface area (Å²) >= 11 is 0. The number of imidazole rings is 1. The van der Waals surface area contributed by atoms with E-state index in [9.17, 15) is 18.0 Å². The van der Waals surface area contributed by atoms with Crippen LogP contribution in [-0.4, -0.2) is 33.4 Å². The van der Waals surface area contributed by atoms with E-state index in [1.165, 1.54) is 12.1 Å². The van der Waals surface area contributed by atoms with E-state index < -0.39 is 35.3 Å². The lowest BCUT2D eigenvalue weighted by atomic mass is 9.95. The molecule has 0 bridgehead atoms. The summed E-state index contributed by atoms with van der Waals surface area (Å²) in [5.41, 5.74) is 3.87. The van der Waals surface area contributed by atoms with Gasteiger partial charge in [0.1, 0.15) is 34.8 Å². The van der Waals surface area contributed by atoms with Gasteiger partial charge in [0.05, 0.1) is 18.1 Å². The van der Waals surface area contributed by atoms with Gasteiger partial charge in [0.2, 0.25) is 0 Å². The molecular formula is C29H23F4N5O2. The Morgan fingerprint density at radius 2 is 2.08 bits per heavy atom. The van der Waals surface area contributed by atoms with E-state index in [4.69, 9.17) is 10.1 Å². The van der Waals surface area contributed by atoms with Crippen LogP contribution in [0.25, 0.3) is 5.57 Å². The van der Waals surface area contributed by atoms with Crippen LogP contribution in [0.15, 0.2) is 88.8 Å². The van der Waals surface area contributed by atoms with Crippen molar-refractivity contribution in [3.63, 3.8) is 0 Å². The molecule has 1 aromatic heterocycles. The van der Waals surface area contributed by atoms with Crippen molar-refractivity contribution in [3.8, 4) is 0 Å². The minimum Gasteiger partial charge on any atom is -0.460 e. The molecule has 0 atom stereocenters. The summed E-state index contributed by atoms with van der Waals surface area (Å²) in [4.78, 5) is 21.2. The number of carbonyl (C=O) groups excluding carboxylic acids is 1. The summed E-state index contributed by atoms with van der Waals surface area (Å²) in [5, 5.41) is 11.3. The number of benzene rings is 1. The molecule has 11 heteroatoms. The number of allylic oxidation sites excluding steroid dienone is 6. The Bertz CT molecular complexity index is 1620. The fourth-order valence-electron chi connectivity index (χ4n) is 4.30. The molecule has 3 aliphatic rings. The zero-order valence-corrected chi connectivity index (χ0v) is 21.3. The van der Waals surface area contributed by atoms with Crippen molar-refractivity contribution < 1.29 is 27.1 Å². The fraction of sp³-hybridized carbons (Fsp3) is 0.241. The van der Waals surface area contributed by atoms with Crippen molar-refractivity contribution in [2.75, 3.05) is 5.32 Å². The summed E-state index contributed by atoms with van der Waals surface area (Å²) in [6, 6.07) is 4.32. The smallest absolute Gasteiger partial charge is 0.401 e. The molecule has 1 fully saturated rings. The Kier molecular flexibility index (Phi) is 7.02. The number of Topliss-reactive ketones (excluding diaryl/α,β-unsaturated/α-hetero) is 1. The predicted octanol–water partition coefficient (Wildman–Crippen LogP) is 6.05. The summed E-state index contributed by atoms with van der Waals surface area (Å²) in [6.07, 6.45) is 5.01. The third kappa shape index (κ3) is 5.25. The first-order chi connectivity index (χ1) is 19.1. The molecule has 5 rings (SSSR count). The molecule has 1 saturated carbocycles. The summed E-state index contributed by atoms with van der Waals surface area (Å²) in [7, 11) is 0. The van der Waals surface area contributed by atoms with Crippen LogP contribution in [0, 0.1) is 16.6 Å². The number of hydrogen-bond acceptors (Lipinski definition) is 6. The third-order valence-electron chi connectivity index (χ3n) is 6.84. The van der Waals surface area contributed by atoms with Gasteiger partial charge in [0, 0.05) is 24.8 Å². The van der Waals surface area contributed by atoms with Crippen LogP contribution in [0.1, 0.15) is 30.9 Å². The average Bonchev–Trinajstić information content (AvgIpc) is 3.69. The van der Waals surface area contributed by atoms with Gasteiger partial charge < -0.3 is 14.6 Å². The van der Waals surface area contributed by atoms with E-state index in [0.29, 0.717) is 17.0 Å². The maximum Gasteiger partial charge on any atom is 0.401 e. The number of nitrogens with zero attached hydrogens (tertiary/aromatic N) is 3. The number of aliphatic imine (C=N–C) groups is 1. The highest BCUT2D eigenvalue weighted by molar-refractivity contribution is 6.46. The number of ether oxygens (including phenoxy) is 1. The Morgan fingerprint density at radius 1 is 1.27 bits per heavy atom. The number of nitrogens with one attached hydrogen (secondary N) is 2. The molecule has 204 valence electrons. The first kappa shape index (κ1) is 26.9. The Balaban J connectivity index is 1.25. The van der Waals surface area contributed by atoms with Gasteiger partial charge in [-0.15, -0.1) is 0 Å². The predicted molar refractivity (Wildman–Crippen MR) is 141 cm³/mol. The lowest BCUT2D eigenvalue weighted by molar-refractivity contribution is -0.183. The second-order valence-corrected chi connectivity index (χ2v) is 9.39. The number of aryl methyl sites for hydroxylation is 1. The normalized spacial score (nSPS) is 17.2. The Labute approximate surface area is 226 Å². The number of carbonyl (C=O) groups is 1. The van der Waals surface area contributed by atoms with Crippen LogP contribution in [0.5, 0.6) is 0 Å². The van der Waals surface area contributed by atoms with E-state index in [1.54, 1.807) is 37.0 Å². The van der Waals surface area contributed by atoms with Gasteiger partial charge in [-0.25, -0.2) is 14.4 Å². The number of ketones is 1. The van der Waals surface area contributed by atoms with Crippen LogP contribution in [0.3, 0.4) is 0 Å². The van der Waals surface area contributed by atoms with Crippen molar-refractivity contribution in [3.05, 3.63) is 101 Å². The quantitative estimate of drug-likeness (QED) is 0.227. The topological polar surface area (TPSA) is 92.4 Å². The maximum atomic E-state index is 15.0. The highest BCUT2D eigenvalue weighted by Gasteiger charge is 2.67.